The Labute approximate surface area is 101 Å². The van der Waals surface area contributed by atoms with Crippen LogP contribution in [0.15, 0.2) is 35.4 Å². The van der Waals surface area contributed by atoms with Crippen LogP contribution in [0.5, 0.6) is 0 Å². The lowest BCUT2D eigenvalue weighted by molar-refractivity contribution is 0.414. The summed E-state index contributed by atoms with van der Waals surface area (Å²) in [7, 11) is 1.83. The van der Waals surface area contributed by atoms with E-state index < -0.39 is 0 Å². The fourth-order valence-electron chi connectivity index (χ4n) is 1.75. The molecule has 1 N–H and O–H groups in total. The summed E-state index contributed by atoms with van der Waals surface area (Å²) in [6.45, 7) is 0.899. The molecule has 1 aliphatic heterocycles. The maximum atomic E-state index is 5.19. The van der Waals surface area contributed by atoms with E-state index in [1.54, 1.807) is 0 Å². The second-order valence-electron chi connectivity index (χ2n) is 3.69. The van der Waals surface area contributed by atoms with E-state index in [1.165, 1.54) is 5.56 Å². The van der Waals surface area contributed by atoms with Gasteiger partial charge in [0.15, 0.2) is 5.11 Å². The monoisotopic (exact) mass is 233 g/mol. The number of nitrogens with one attached hydrogen (secondary N) is 1. The molecule has 0 radical (unpaired) electrons. The summed E-state index contributed by atoms with van der Waals surface area (Å²) in [6.07, 6.45) is 2.11. The van der Waals surface area contributed by atoms with Gasteiger partial charge in [0.2, 0.25) is 0 Å². The third-order valence-corrected chi connectivity index (χ3v) is 3.00. The van der Waals surface area contributed by atoms with Crippen molar-refractivity contribution in [2.75, 3.05) is 13.6 Å². The number of nitrogens with zero attached hydrogens (tertiary/aromatic N) is 2. The number of hydrazone groups is 1. The first-order chi connectivity index (χ1) is 7.81. The van der Waals surface area contributed by atoms with E-state index in [1.807, 2.05) is 30.3 Å². The van der Waals surface area contributed by atoms with Crippen molar-refractivity contribution in [3.8, 4) is 0 Å². The van der Waals surface area contributed by atoms with Crippen LogP contribution < -0.4 is 5.32 Å². The maximum absolute atomic E-state index is 5.19. The molecule has 2 rings (SSSR count). The number of hydrogen-bond acceptors (Lipinski definition) is 2. The van der Waals surface area contributed by atoms with Crippen LogP contribution in [0.4, 0.5) is 0 Å². The van der Waals surface area contributed by atoms with E-state index >= 15 is 0 Å². The van der Waals surface area contributed by atoms with E-state index in [-0.39, 0.29) is 0 Å². The van der Waals surface area contributed by atoms with Crippen LogP contribution in [0.2, 0.25) is 0 Å². The summed E-state index contributed by atoms with van der Waals surface area (Å²) in [5, 5.41) is 10.1. The maximum Gasteiger partial charge on any atom is 0.189 e. The number of rotatable bonds is 1. The largest absolute Gasteiger partial charge is 0.364 e. The van der Waals surface area contributed by atoms with Crippen LogP contribution >= 0.6 is 12.2 Å². The smallest absolute Gasteiger partial charge is 0.189 e. The van der Waals surface area contributed by atoms with Gasteiger partial charge in [-0.25, -0.2) is 5.01 Å². The Bertz CT molecular complexity index is 400. The van der Waals surface area contributed by atoms with Crippen molar-refractivity contribution in [2.24, 2.45) is 5.10 Å². The average Bonchev–Trinajstić information content (AvgIpc) is 2.39. The fraction of sp³-hybridized carbons (Fsp3) is 0.333. The Morgan fingerprint density at radius 1 is 1.38 bits per heavy atom. The molecular formula is C12H15N3S. The van der Waals surface area contributed by atoms with Crippen LogP contribution in [0.1, 0.15) is 18.4 Å². The molecule has 16 heavy (non-hydrogen) atoms. The topological polar surface area (TPSA) is 27.6 Å². The minimum atomic E-state index is 0.688. The molecule has 0 saturated carbocycles. The molecular weight excluding hydrogens is 218 g/mol. The summed E-state index contributed by atoms with van der Waals surface area (Å²) in [4.78, 5) is 0. The first kappa shape index (κ1) is 11.1. The van der Waals surface area contributed by atoms with Gasteiger partial charge < -0.3 is 5.32 Å². The average molecular weight is 233 g/mol. The molecule has 0 fully saturated rings. The van der Waals surface area contributed by atoms with Crippen molar-refractivity contribution in [2.45, 2.75) is 12.8 Å². The molecule has 3 nitrogen and oxygen atoms in total. The van der Waals surface area contributed by atoms with Crippen molar-refractivity contribution >= 4 is 23.0 Å². The number of benzene rings is 1. The highest BCUT2D eigenvalue weighted by molar-refractivity contribution is 7.80. The van der Waals surface area contributed by atoms with Gasteiger partial charge in [-0.2, -0.15) is 5.10 Å². The molecule has 84 valence electrons. The van der Waals surface area contributed by atoms with Crippen molar-refractivity contribution < 1.29 is 0 Å². The lowest BCUT2D eigenvalue weighted by Gasteiger charge is -2.25. The van der Waals surface area contributed by atoms with Gasteiger partial charge in [0.25, 0.3) is 0 Å². The first-order valence-electron chi connectivity index (χ1n) is 5.43. The number of thiocarbonyl (C=S) groups is 1. The van der Waals surface area contributed by atoms with Crippen molar-refractivity contribution in [1.29, 1.82) is 0 Å². The van der Waals surface area contributed by atoms with Gasteiger partial charge >= 0.3 is 0 Å². The SMILES string of the molecule is CNC(=S)N1CCCC(c2ccccc2)=N1. The van der Waals surface area contributed by atoms with Crippen LogP contribution in [0, 0.1) is 0 Å². The van der Waals surface area contributed by atoms with Crippen LogP contribution in [0.3, 0.4) is 0 Å². The van der Waals surface area contributed by atoms with Gasteiger partial charge in [-0.15, -0.1) is 0 Å². The molecule has 0 saturated heterocycles. The molecule has 0 amide bonds. The summed E-state index contributed by atoms with van der Waals surface area (Å²) < 4.78 is 0. The van der Waals surface area contributed by atoms with Gasteiger partial charge in [0, 0.05) is 13.6 Å². The predicted molar refractivity (Wildman–Crippen MR) is 70.6 cm³/mol. The zero-order valence-corrected chi connectivity index (χ0v) is 10.1. The molecule has 0 bridgehead atoms. The van der Waals surface area contributed by atoms with Crippen LogP contribution in [-0.2, 0) is 0 Å². The third kappa shape index (κ3) is 2.39. The lowest BCUT2D eigenvalue weighted by Crippen LogP contribution is -2.37. The molecule has 0 spiro atoms. The molecule has 0 unspecified atom stereocenters. The molecule has 1 heterocycles. The van der Waals surface area contributed by atoms with E-state index in [4.69, 9.17) is 12.2 Å². The highest BCUT2D eigenvalue weighted by Gasteiger charge is 2.15. The normalized spacial score (nSPS) is 15.6. The van der Waals surface area contributed by atoms with Crippen molar-refractivity contribution in [3.05, 3.63) is 35.9 Å². The Morgan fingerprint density at radius 2 is 2.12 bits per heavy atom. The summed E-state index contributed by atoms with van der Waals surface area (Å²) in [6, 6.07) is 10.3. The molecule has 1 aliphatic rings. The second kappa shape index (κ2) is 5.07. The van der Waals surface area contributed by atoms with E-state index in [0.29, 0.717) is 5.11 Å². The Morgan fingerprint density at radius 3 is 2.81 bits per heavy atom. The van der Waals surface area contributed by atoms with Gasteiger partial charge in [0.1, 0.15) is 0 Å². The van der Waals surface area contributed by atoms with E-state index in [9.17, 15) is 0 Å². The third-order valence-electron chi connectivity index (χ3n) is 2.58. The van der Waals surface area contributed by atoms with Gasteiger partial charge in [-0.1, -0.05) is 30.3 Å². The van der Waals surface area contributed by atoms with Gasteiger partial charge in [-0.3, -0.25) is 0 Å². The molecule has 0 atom stereocenters. The summed E-state index contributed by atoms with van der Waals surface area (Å²) in [5.41, 5.74) is 2.30. The zero-order valence-electron chi connectivity index (χ0n) is 9.31. The van der Waals surface area contributed by atoms with E-state index in [2.05, 4.69) is 22.6 Å². The Hall–Kier alpha value is -1.42. The molecule has 0 aromatic heterocycles. The zero-order chi connectivity index (χ0) is 11.4. The molecule has 1 aromatic rings. The second-order valence-corrected chi connectivity index (χ2v) is 4.08. The van der Waals surface area contributed by atoms with Crippen molar-refractivity contribution in [3.63, 3.8) is 0 Å². The van der Waals surface area contributed by atoms with Gasteiger partial charge in [0.05, 0.1) is 5.71 Å². The van der Waals surface area contributed by atoms with Crippen LogP contribution in [0.25, 0.3) is 0 Å². The summed E-state index contributed by atoms with van der Waals surface area (Å²) >= 11 is 5.19. The summed E-state index contributed by atoms with van der Waals surface area (Å²) in [5.74, 6) is 0. The van der Waals surface area contributed by atoms with Crippen molar-refractivity contribution in [1.82, 2.24) is 10.3 Å². The predicted octanol–water partition coefficient (Wildman–Crippen LogP) is 1.99. The standard InChI is InChI=1S/C12H15N3S/c1-13-12(16)15-9-5-8-11(14-15)10-6-3-2-4-7-10/h2-4,6-7H,5,8-9H2,1H3,(H,13,16). The van der Waals surface area contributed by atoms with Crippen LogP contribution in [-0.4, -0.2) is 29.4 Å². The molecule has 0 aliphatic carbocycles. The Balaban J connectivity index is 2.22. The number of hydrogen-bond donors (Lipinski definition) is 1. The minimum Gasteiger partial charge on any atom is -0.364 e. The quantitative estimate of drug-likeness (QED) is 0.752. The first-order valence-corrected chi connectivity index (χ1v) is 5.84. The Kier molecular flexibility index (Phi) is 3.51. The lowest BCUT2D eigenvalue weighted by atomic mass is 10.0. The highest BCUT2D eigenvalue weighted by atomic mass is 32.1. The fourth-order valence-corrected chi connectivity index (χ4v) is 1.88. The molecule has 4 heteroatoms. The van der Waals surface area contributed by atoms with E-state index in [0.717, 1.165) is 25.1 Å². The highest BCUT2D eigenvalue weighted by Crippen LogP contribution is 2.13. The minimum absolute atomic E-state index is 0.688. The molecule has 1 aromatic carbocycles. The van der Waals surface area contributed by atoms with Gasteiger partial charge in [-0.05, 0) is 30.6 Å².